The van der Waals surface area contributed by atoms with Gasteiger partial charge in [-0.3, -0.25) is 13.8 Å². The molecule has 0 aliphatic carbocycles. The molecule has 83 heavy (non-hydrogen) atoms. The molecule has 0 spiro atoms. The first-order valence-electron chi connectivity index (χ1n) is 33.5. The molecule has 0 unspecified atom stereocenters. The van der Waals surface area contributed by atoms with Crippen LogP contribution in [0.1, 0.15) is 281 Å². The molecule has 18 atom stereocenters. The molecule has 0 aromatic rings. The molecule has 2 aliphatic heterocycles. The van der Waals surface area contributed by atoms with E-state index in [0.29, 0.717) is 36.5 Å². The Hall–Kier alpha value is -1.55. The summed E-state index contributed by atoms with van der Waals surface area (Å²) in [6.45, 7) is 17.9. The van der Waals surface area contributed by atoms with Crippen molar-refractivity contribution in [2.75, 3.05) is 13.2 Å². The molecule has 2 heterocycles. The summed E-state index contributed by atoms with van der Waals surface area (Å²) in [6.07, 6.45) is 18.8. The van der Waals surface area contributed by atoms with E-state index in [0.717, 1.165) is 77.0 Å². The standard InChI is InChI=1S/C65H124O17S/c1-10-12-14-16-18-20-22-24-26-28-30-32-34-36-53(68)51(8)42-49(6)40-47(4)38-46(3)39-48(5)41-50(7)43-52(9)63(73)80-60-58(71)55(45-67)78-65(81-64-61(82-83(74,75)76)59(72)57(70)54(44-66)77-64)62(60)79-56(69)37-35-33-31-29-27-25-23-21-19-17-15-13-11-2/h46-55,57-62,64-68,70-72H,10-45H2,1-9H3,(H,74,75,76)/p-1/t46-,47+,48-,49+,50-,51+,52-,53+,54+,55+,57+,58+,59-,60-,61+,62+,64+,65+/m0/s1. The second-order valence-corrected chi connectivity index (χ2v) is 27.3. The number of unbranched alkanes of at least 4 members (excludes halogenated alkanes) is 24. The molecule has 2 fully saturated rings. The summed E-state index contributed by atoms with van der Waals surface area (Å²) < 4.78 is 69.1. The van der Waals surface area contributed by atoms with Crippen molar-refractivity contribution >= 4 is 22.3 Å². The number of rotatable bonds is 50. The fourth-order valence-corrected chi connectivity index (χ4v) is 13.5. The van der Waals surface area contributed by atoms with Gasteiger partial charge in [0.2, 0.25) is 16.7 Å². The summed E-state index contributed by atoms with van der Waals surface area (Å²) in [6, 6.07) is 0. The van der Waals surface area contributed by atoms with Gasteiger partial charge in [-0.25, -0.2) is 8.42 Å². The number of ether oxygens (including phenoxy) is 5. The lowest BCUT2D eigenvalue weighted by molar-refractivity contribution is -0.374. The van der Waals surface area contributed by atoms with Gasteiger partial charge in [0.15, 0.2) is 24.6 Å². The van der Waals surface area contributed by atoms with Crippen LogP contribution in [0.3, 0.4) is 0 Å². The summed E-state index contributed by atoms with van der Waals surface area (Å²) in [5, 5.41) is 64.2. The van der Waals surface area contributed by atoms with Crippen LogP contribution in [0.5, 0.6) is 0 Å². The zero-order valence-electron chi connectivity index (χ0n) is 53.4. The van der Waals surface area contributed by atoms with Gasteiger partial charge < -0.3 is 58.9 Å². The third-order valence-corrected chi connectivity index (χ3v) is 18.0. The Morgan fingerprint density at radius 3 is 1.28 bits per heavy atom. The monoisotopic (exact) mass is 1210 g/mol. The lowest BCUT2D eigenvalue weighted by Crippen LogP contribution is -2.65. The zero-order chi connectivity index (χ0) is 61.7. The minimum absolute atomic E-state index is 0.0641. The fourth-order valence-electron chi connectivity index (χ4n) is 13.1. The second kappa shape index (κ2) is 44.8. The van der Waals surface area contributed by atoms with Gasteiger partial charge in [-0.2, -0.15) is 0 Å². The summed E-state index contributed by atoms with van der Waals surface area (Å²) in [5.74, 6) is 0.102. The van der Waals surface area contributed by atoms with Gasteiger partial charge in [0.05, 0.1) is 25.2 Å². The van der Waals surface area contributed by atoms with E-state index in [4.69, 9.17) is 23.7 Å². The Morgan fingerprint density at radius 1 is 0.482 bits per heavy atom. The van der Waals surface area contributed by atoms with Crippen LogP contribution < -0.4 is 0 Å². The van der Waals surface area contributed by atoms with Crippen LogP contribution in [0.25, 0.3) is 0 Å². The lowest BCUT2D eigenvalue weighted by Gasteiger charge is -2.46. The smallest absolute Gasteiger partial charge is 0.309 e. The van der Waals surface area contributed by atoms with Crippen molar-refractivity contribution < 1.29 is 81.1 Å². The van der Waals surface area contributed by atoms with Gasteiger partial charge in [-0.1, -0.05) is 223 Å². The van der Waals surface area contributed by atoms with Crippen molar-refractivity contribution in [3.05, 3.63) is 0 Å². The molecule has 17 nitrogen and oxygen atoms in total. The van der Waals surface area contributed by atoms with Crippen molar-refractivity contribution in [1.82, 2.24) is 0 Å². The first kappa shape index (κ1) is 77.5. The maximum Gasteiger partial charge on any atom is 0.309 e. The summed E-state index contributed by atoms with van der Waals surface area (Å²) in [5.41, 5.74) is 0. The number of hydrogen-bond acceptors (Lipinski definition) is 17. The number of aliphatic hydroxyl groups is 6. The van der Waals surface area contributed by atoms with Crippen molar-refractivity contribution in [2.45, 2.75) is 348 Å². The van der Waals surface area contributed by atoms with E-state index in [2.05, 4.69) is 59.6 Å². The van der Waals surface area contributed by atoms with E-state index in [1.165, 1.54) is 122 Å². The van der Waals surface area contributed by atoms with E-state index < -0.39 is 103 Å². The van der Waals surface area contributed by atoms with Gasteiger partial charge in [-0.15, -0.1) is 0 Å². The number of carbonyl (C=O) groups is 2. The number of hydrogen-bond donors (Lipinski definition) is 6. The SMILES string of the molecule is CCCCCCCCCCCCCCCC(=O)O[C@H]1[C@@H](O[C@H]2O[C@H](CO)[C@@H](O)[C@H](O)[C@H]2OS(=O)(=O)[O-])O[C@H](CO)[C@@H](O)[C@@H]1OC(=O)[C@@H](C)C[C@@H](C)C[C@@H](C)C[C@@H](C)C[C@@H](C)C[C@@H](C)C[C@@H](C)[C@H](O)CCCCCCCCCCCCCCC. The number of carbonyl (C=O) groups excluding carboxylic acids is 2. The Labute approximate surface area is 504 Å². The Balaban J connectivity index is 1.99. The fraction of sp³-hybridized carbons (Fsp3) is 0.969. The third-order valence-electron chi connectivity index (χ3n) is 17.5. The second-order valence-electron chi connectivity index (χ2n) is 26.3. The van der Waals surface area contributed by atoms with E-state index >= 15 is 0 Å². The largest absolute Gasteiger partial charge is 0.726 e. The summed E-state index contributed by atoms with van der Waals surface area (Å²) in [4.78, 5) is 27.7. The molecule has 0 radical (unpaired) electrons. The van der Waals surface area contributed by atoms with Gasteiger partial charge in [-0.05, 0) is 86.9 Å². The predicted molar refractivity (Wildman–Crippen MR) is 323 cm³/mol. The van der Waals surface area contributed by atoms with E-state index in [-0.39, 0.29) is 24.4 Å². The van der Waals surface area contributed by atoms with Crippen LogP contribution in [-0.2, 0) is 47.9 Å². The number of aliphatic hydroxyl groups excluding tert-OH is 6. The first-order chi connectivity index (χ1) is 39.5. The summed E-state index contributed by atoms with van der Waals surface area (Å²) in [7, 11) is -5.57. The van der Waals surface area contributed by atoms with Gasteiger partial charge in [0.25, 0.3) is 0 Å². The third kappa shape index (κ3) is 33.6. The topological polar surface area (TPSA) is 268 Å². The average molecular weight is 1210 g/mol. The Kier molecular flexibility index (Phi) is 41.9. The molecule has 2 rings (SSSR count). The molecule has 2 aliphatic rings. The van der Waals surface area contributed by atoms with Crippen molar-refractivity contribution in [3.63, 3.8) is 0 Å². The molecule has 6 N–H and O–H groups in total. The van der Waals surface area contributed by atoms with Crippen LogP contribution in [0.2, 0.25) is 0 Å². The summed E-state index contributed by atoms with van der Waals surface area (Å²) >= 11 is 0. The molecular weight excluding hydrogens is 1080 g/mol. The van der Waals surface area contributed by atoms with Crippen LogP contribution in [0, 0.1) is 41.4 Å². The van der Waals surface area contributed by atoms with Gasteiger partial charge in [0.1, 0.15) is 30.5 Å². The van der Waals surface area contributed by atoms with Gasteiger partial charge in [0, 0.05) is 6.42 Å². The predicted octanol–water partition coefficient (Wildman–Crippen LogP) is 12.3. The highest BCUT2D eigenvalue weighted by atomic mass is 32.3. The van der Waals surface area contributed by atoms with Crippen molar-refractivity contribution in [3.8, 4) is 0 Å². The van der Waals surface area contributed by atoms with Crippen molar-refractivity contribution in [1.29, 1.82) is 0 Å². The van der Waals surface area contributed by atoms with Crippen LogP contribution in [-0.4, -0.2) is 136 Å². The van der Waals surface area contributed by atoms with Gasteiger partial charge >= 0.3 is 11.9 Å². The highest BCUT2D eigenvalue weighted by Crippen LogP contribution is 2.35. The highest BCUT2D eigenvalue weighted by molar-refractivity contribution is 7.80. The molecule has 0 aromatic carbocycles. The maximum atomic E-state index is 14.0. The lowest BCUT2D eigenvalue weighted by atomic mass is 9.80. The minimum atomic E-state index is -5.57. The van der Waals surface area contributed by atoms with E-state index in [1.807, 2.05) is 0 Å². The normalized spacial score (nSPS) is 26.2. The van der Waals surface area contributed by atoms with Crippen LogP contribution in [0.4, 0.5) is 0 Å². The molecule has 0 bridgehead atoms. The minimum Gasteiger partial charge on any atom is -0.726 e. The molecule has 0 amide bonds. The van der Waals surface area contributed by atoms with E-state index in [9.17, 15) is 53.2 Å². The Morgan fingerprint density at radius 2 is 0.855 bits per heavy atom. The van der Waals surface area contributed by atoms with Crippen molar-refractivity contribution in [2.24, 2.45) is 41.4 Å². The molecule has 0 saturated carbocycles. The van der Waals surface area contributed by atoms with Crippen LogP contribution >= 0.6 is 0 Å². The molecular formula is C65H123O17S-. The average Bonchev–Trinajstić information content (AvgIpc) is 3.26. The molecule has 2 saturated heterocycles. The molecule has 492 valence electrons. The number of esters is 2. The highest BCUT2D eigenvalue weighted by Gasteiger charge is 2.54. The first-order valence-corrected chi connectivity index (χ1v) is 34.8. The van der Waals surface area contributed by atoms with E-state index in [1.54, 1.807) is 6.92 Å². The molecule has 18 heteroatoms. The molecule has 0 aromatic heterocycles. The Bertz CT molecular complexity index is 1740. The quantitative estimate of drug-likeness (QED) is 0.0143. The van der Waals surface area contributed by atoms with Crippen LogP contribution in [0.15, 0.2) is 0 Å². The zero-order valence-corrected chi connectivity index (χ0v) is 54.2. The maximum absolute atomic E-state index is 14.0.